The number of anilines is 1. The number of nitriles is 1. The molecule has 0 spiro atoms. The Hall–Kier alpha value is -1.53. The van der Waals surface area contributed by atoms with E-state index in [1.165, 1.54) is 0 Å². The summed E-state index contributed by atoms with van der Waals surface area (Å²) in [5.74, 6) is 0.539. The van der Waals surface area contributed by atoms with E-state index in [9.17, 15) is 5.11 Å². The molecule has 0 aliphatic rings. The van der Waals surface area contributed by atoms with E-state index in [2.05, 4.69) is 31.7 Å². The Morgan fingerprint density at radius 1 is 1.33 bits per heavy atom. The van der Waals surface area contributed by atoms with Gasteiger partial charge in [0.15, 0.2) is 0 Å². The summed E-state index contributed by atoms with van der Waals surface area (Å²) in [6.07, 6.45) is -0.519. The van der Waals surface area contributed by atoms with Crippen LogP contribution >= 0.6 is 0 Å². The lowest BCUT2D eigenvalue weighted by Gasteiger charge is -2.28. The number of rotatable bonds is 5. The third-order valence-electron chi connectivity index (χ3n) is 2.92. The average molecular weight is 246 g/mol. The highest BCUT2D eigenvalue weighted by molar-refractivity contribution is 5.58. The third-order valence-corrected chi connectivity index (χ3v) is 2.92. The van der Waals surface area contributed by atoms with Crippen LogP contribution in [-0.4, -0.2) is 18.2 Å². The van der Waals surface area contributed by atoms with Gasteiger partial charge in [0, 0.05) is 24.3 Å². The molecule has 1 rings (SSSR count). The summed E-state index contributed by atoms with van der Waals surface area (Å²) in [6.45, 7) is 9.97. The smallest absolute Gasteiger partial charge is 0.0992 e. The van der Waals surface area contributed by atoms with E-state index in [4.69, 9.17) is 5.26 Å². The van der Waals surface area contributed by atoms with Crippen molar-refractivity contribution in [3.63, 3.8) is 0 Å². The molecule has 98 valence electrons. The number of nitrogens with zero attached hydrogens (tertiary/aromatic N) is 2. The second-order valence-electron chi connectivity index (χ2n) is 4.99. The summed E-state index contributed by atoms with van der Waals surface area (Å²) in [7, 11) is 0. The van der Waals surface area contributed by atoms with Gasteiger partial charge in [0.25, 0.3) is 0 Å². The van der Waals surface area contributed by atoms with Crippen molar-refractivity contribution in [2.45, 2.75) is 33.8 Å². The molecule has 0 fully saturated rings. The highest BCUT2D eigenvalue weighted by Gasteiger charge is 2.15. The molecule has 1 N–H and O–H groups in total. The highest BCUT2D eigenvalue weighted by atomic mass is 16.3. The van der Waals surface area contributed by atoms with Crippen LogP contribution in [0.15, 0.2) is 18.2 Å². The van der Waals surface area contributed by atoms with E-state index in [-0.39, 0.29) is 0 Å². The predicted molar refractivity (Wildman–Crippen MR) is 74.5 cm³/mol. The van der Waals surface area contributed by atoms with Crippen molar-refractivity contribution in [3.05, 3.63) is 29.3 Å². The van der Waals surface area contributed by atoms with E-state index < -0.39 is 6.10 Å². The fourth-order valence-corrected chi connectivity index (χ4v) is 2.08. The molecule has 0 bridgehead atoms. The van der Waals surface area contributed by atoms with Gasteiger partial charge in [-0.3, -0.25) is 0 Å². The monoisotopic (exact) mass is 246 g/mol. The van der Waals surface area contributed by atoms with Crippen molar-refractivity contribution >= 4 is 5.69 Å². The molecule has 1 aromatic carbocycles. The van der Waals surface area contributed by atoms with Crippen LogP contribution in [0, 0.1) is 17.2 Å². The van der Waals surface area contributed by atoms with E-state index in [0.29, 0.717) is 11.5 Å². The zero-order valence-corrected chi connectivity index (χ0v) is 11.6. The fraction of sp³-hybridized carbons (Fsp3) is 0.533. The normalized spacial score (nSPS) is 12.3. The first-order chi connectivity index (χ1) is 8.49. The molecular formula is C15H22N2O. The summed E-state index contributed by atoms with van der Waals surface area (Å²) in [6, 6.07) is 7.63. The molecule has 1 aromatic rings. The van der Waals surface area contributed by atoms with Gasteiger partial charge >= 0.3 is 0 Å². The SMILES string of the molecule is CCN(CC(C)C)c1cc(C#N)ccc1[C@H](C)O. The molecular weight excluding hydrogens is 224 g/mol. The molecule has 0 amide bonds. The molecule has 0 aromatic heterocycles. The van der Waals surface area contributed by atoms with Crippen LogP contribution < -0.4 is 4.90 Å². The first kappa shape index (κ1) is 14.5. The Morgan fingerprint density at radius 2 is 2.00 bits per heavy atom. The molecule has 0 heterocycles. The van der Waals surface area contributed by atoms with Crippen molar-refractivity contribution in [2.75, 3.05) is 18.0 Å². The zero-order chi connectivity index (χ0) is 13.7. The summed E-state index contributed by atoms with van der Waals surface area (Å²) >= 11 is 0. The summed E-state index contributed by atoms with van der Waals surface area (Å²) < 4.78 is 0. The molecule has 0 radical (unpaired) electrons. The fourth-order valence-electron chi connectivity index (χ4n) is 2.08. The number of hydrogen-bond donors (Lipinski definition) is 1. The second-order valence-corrected chi connectivity index (χ2v) is 4.99. The molecule has 3 heteroatoms. The molecule has 3 nitrogen and oxygen atoms in total. The highest BCUT2D eigenvalue weighted by Crippen LogP contribution is 2.28. The van der Waals surface area contributed by atoms with Crippen LogP contribution in [-0.2, 0) is 0 Å². The van der Waals surface area contributed by atoms with Crippen LogP contribution in [0.1, 0.15) is 44.9 Å². The van der Waals surface area contributed by atoms with E-state index in [1.54, 1.807) is 13.0 Å². The topological polar surface area (TPSA) is 47.3 Å². The van der Waals surface area contributed by atoms with Gasteiger partial charge in [-0.05, 0) is 31.9 Å². The zero-order valence-electron chi connectivity index (χ0n) is 11.6. The van der Waals surface area contributed by atoms with Gasteiger partial charge in [-0.1, -0.05) is 19.9 Å². The van der Waals surface area contributed by atoms with Crippen molar-refractivity contribution in [1.82, 2.24) is 0 Å². The number of aliphatic hydroxyl groups excluding tert-OH is 1. The lowest BCUT2D eigenvalue weighted by molar-refractivity contribution is 0.199. The summed E-state index contributed by atoms with van der Waals surface area (Å²) in [5.41, 5.74) is 2.49. The minimum atomic E-state index is -0.519. The standard InChI is InChI=1S/C15H22N2O/c1-5-17(10-11(2)3)15-8-13(9-16)6-7-14(15)12(4)18/h6-8,11-12,18H,5,10H2,1-4H3/t12-/m0/s1. The quantitative estimate of drug-likeness (QED) is 0.868. The Balaban J connectivity index is 3.20. The Kier molecular flexibility index (Phi) is 5.18. The third kappa shape index (κ3) is 3.48. The van der Waals surface area contributed by atoms with Gasteiger partial charge in [-0.2, -0.15) is 5.26 Å². The lowest BCUT2D eigenvalue weighted by Crippen LogP contribution is -2.28. The average Bonchev–Trinajstić information content (AvgIpc) is 2.34. The minimum absolute atomic E-state index is 0.519. The number of hydrogen-bond acceptors (Lipinski definition) is 3. The lowest BCUT2D eigenvalue weighted by atomic mass is 10.0. The van der Waals surface area contributed by atoms with Crippen molar-refractivity contribution < 1.29 is 5.11 Å². The maximum absolute atomic E-state index is 9.84. The number of aliphatic hydroxyl groups is 1. The molecule has 0 aliphatic heterocycles. The molecule has 0 saturated heterocycles. The predicted octanol–water partition coefficient (Wildman–Crippen LogP) is 3.09. The Bertz CT molecular complexity index is 433. The molecule has 0 unspecified atom stereocenters. The van der Waals surface area contributed by atoms with Crippen molar-refractivity contribution in [2.24, 2.45) is 5.92 Å². The first-order valence-corrected chi connectivity index (χ1v) is 6.46. The summed E-state index contributed by atoms with van der Waals surface area (Å²) in [4.78, 5) is 2.22. The maximum Gasteiger partial charge on any atom is 0.0992 e. The van der Waals surface area contributed by atoms with Gasteiger partial charge in [-0.25, -0.2) is 0 Å². The van der Waals surface area contributed by atoms with Gasteiger partial charge in [0.05, 0.1) is 17.7 Å². The van der Waals surface area contributed by atoms with E-state index >= 15 is 0 Å². The molecule has 0 saturated carbocycles. The Labute approximate surface area is 110 Å². The van der Waals surface area contributed by atoms with Gasteiger partial charge < -0.3 is 10.0 Å². The van der Waals surface area contributed by atoms with E-state index in [1.807, 2.05) is 12.1 Å². The molecule has 18 heavy (non-hydrogen) atoms. The van der Waals surface area contributed by atoms with Gasteiger partial charge in [-0.15, -0.1) is 0 Å². The second kappa shape index (κ2) is 6.42. The molecule has 1 atom stereocenters. The van der Waals surface area contributed by atoms with E-state index in [0.717, 1.165) is 24.3 Å². The van der Waals surface area contributed by atoms with Crippen molar-refractivity contribution in [3.8, 4) is 6.07 Å². The molecule has 0 aliphatic carbocycles. The van der Waals surface area contributed by atoms with Crippen molar-refractivity contribution in [1.29, 1.82) is 5.26 Å². The maximum atomic E-state index is 9.84. The van der Waals surface area contributed by atoms with Crippen LogP contribution in [0.3, 0.4) is 0 Å². The first-order valence-electron chi connectivity index (χ1n) is 6.46. The van der Waals surface area contributed by atoms with Crippen LogP contribution in [0.5, 0.6) is 0 Å². The van der Waals surface area contributed by atoms with Crippen LogP contribution in [0.2, 0.25) is 0 Å². The van der Waals surface area contributed by atoms with Gasteiger partial charge in [0.2, 0.25) is 0 Å². The van der Waals surface area contributed by atoms with Crippen LogP contribution in [0.4, 0.5) is 5.69 Å². The largest absolute Gasteiger partial charge is 0.389 e. The Morgan fingerprint density at radius 3 is 2.44 bits per heavy atom. The minimum Gasteiger partial charge on any atom is -0.389 e. The van der Waals surface area contributed by atoms with Gasteiger partial charge in [0.1, 0.15) is 0 Å². The van der Waals surface area contributed by atoms with Crippen LogP contribution in [0.25, 0.3) is 0 Å². The number of benzene rings is 1. The summed E-state index contributed by atoms with van der Waals surface area (Å²) in [5, 5.41) is 18.8.